The van der Waals surface area contributed by atoms with Gasteiger partial charge in [0.1, 0.15) is 5.69 Å². The molecule has 0 saturated heterocycles. The first-order chi connectivity index (χ1) is 11.0. The lowest BCUT2D eigenvalue weighted by atomic mass is 10.1. The van der Waals surface area contributed by atoms with Crippen molar-refractivity contribution in [1.82, 2.24) is 3.97 Å². The SMILES string of the molecule is CC(=O)c1c(C=O)c2ccccc2n1S(=O)(=O)c1ccccc1. The Morgan fingerprint density at radius 3 is 2.22 bits per heavy atom. The Kier molecular flexibility index (Phi) is 3.61. The molecule has 0 fully saturated rings. The van der Waals surface area contributed by atoms with Gasteiger partial charge in [-0.25, -0.2) is 12.4 Å². The fourth-order valence-corrected chi connectivity index (χ4v) is 4.23. The molecular weight excluding hydrogens is 314 g/mol. The van der Waals surface area contributed by atoms with Crippen LogP contribution in [-0.4, -0.2) is 24.5 Å². The van der Waals surface area contributed by atoms with E-state index in [0.29, 0.717) is 17.2 Å². The summed E-state index contributed by atoms with van der Waals surface area (Å²) in [5.74, 6) is -0.484. The summed E-state index contributed by atoms with van der Waals surface area (Å²) >= 11 is 0. The Labute approximate surface area is 133 Å². The van der Waals surface area contributed by atoms with Crippen LogP contribution in [0.3, 0.4) is 0 Å². The summed E-state index contributed by atoms with van der Waals surface area (Å²) in [6, 6.07) is 14.4. The monoisotopic (exact) mass is 327 g/mol. The topological polar surface area (TPSA) is 73.2 Å². The number of fused-ring (bicyclic) bond motifs is 1. The smallest absolute Gasteiger partial charge is 0.268 e. The van der Waals surface area contributed by atoms with Gasteiger partial charge in [-0.3, -0.25) is 9.59 Å². The van der Waals surface area contributed by atoms with Gasteiger partial charge in [0.2, 0.25) is 0 Å². The zero-order chi connectivity index (χ0) is 16.6. The molecule has 0 atom stereocenters. The van der Waals surface area contributed by atoms with Crippen LogP contribution in [-0.2, 0) is 10.0 Å². The molecule has 6 heteroatoms. The molecule has 0 bridgehead atoms. The number of benzene rings is 2. The number of carbonyl (C=O) groups is 2. The van der Waals surface area contributed by atoms with Crippen LogP contribution in [0, 0.1) is 0 Å². The minimum atomic E-state index is -3.99. The lowest BCUT2D eigenvalue weighted by Crippen LogP contribution is -2.18. The molecule has 3 rings (SSSR count). The van der Waals surface area contributed by atoms with E-state index in [1.807, 2.05) is 0 Å². The van der Waals surface area contributed by atoms with Crippen LogP contribution in [0.15, 0.2) is 59.5 Å². The van der Waals surface area contributed by atoms with E-state index >= 15 is 0 Å². The van der Waals surface area contributed by atoms with Gasteiger partial charge in [0.05, 0.1) is 16.0 Å². The number of para-hydroxylation sites is 1. The molecule has 23 heavy (non-hydrogen) atoms. The van der Waals surface area contributed by atoms with Crippen molar-refractivity contribution in [2.75, 3.05) is 0 Å². The lowest BCUT2D eigenvalue weighted by Gasteiger charge is -2.10. The molecule has 0 aliphatic heterocycles. The van der Waals surface area contributed by atoms with Crippen molar-refractivity contribution in [3.63, 3.8) is 0 Å². The number of carbonyl (C=O) groups excluding carboxylic acids is 2. The summed E-state index contributed by atoms with van der Waals surface area (Å²) < 4.78 is 27.0. The van der Waals surface area contributed by atoms with Crippen LogP contribution in [0.4, 0.5) is 0 Å². The fourth-order valence-electron chi connectivity index (χ4n) is 2.64. The Hall–Kier alpha value is -2.73. The number of Topliss-reactive ketones (excluding diaryl/α,β-unsaturated/α-hetero) is 1. The number of aldehydes is 1. The number of hydrogen-bond acceptors (Lipinski definition) is 4. The number of nitrogens with zero attached hydrogens (tertiary/aromatic N) is 1. The molecule has 2 aromatic carbocycles. The van der Waals surface area contributed by atoms with E-state index in [9.17, 15) is 18.0 Å². The molecule has 3 aromatic rings. The van der Waals surface area contributed by atoms with Gasteiger partial charge in [-0.15, -0.1) is 0 Å². The van der Waals surface area contributed by atoms with E-state index < -0.39 is 15.8 Å². The maximum atomic E-state index is 13.0. The second-order valence-corrected chi connectivity index (χ2v) is 6.82. The third-order valence-corrected chi connectivity index (χ3v) is 5.33. The molecule has 0 spiro atoms. The highest BCUT2D eigenvalue weighted by molar-refractivity contribution is 7.90. The predicted molar refractivity (Wildman–Crippen MR) is 86.4 cm³/mol. The van der Waals surface area contributed by atoms with Crippen molar-refractivity contribution < 1.29 is 18.0 Å². The minimum Gasteiger partial charge on any atom is -0.298 e. The molecule has 0 radical (unpaired) electrons. The number of aromatic nitrogens is 1. The molecule has 1 heterocycles. The van der Waals surface area contributed by atoms with E-state index in [2.05, 4.69) is 0 Å². The summed E-state index contributed by atoms with van der Waals surface area (Å²) in [7, 11) is -3.99. The van der Waals surface area contributed by atoms with Gasteiger partial charge in [0.25, 0.3) is 10.0 Å². The summed E-state index contributed by atoms with van der Waals surface area (Å²) in [5, 5.41) is 0.437. The van der Waals surface area contributed by atoms with Gasteiger partial charge in [-0.2, -0.15) is 0 Å². The van der Waals surface area contributed by atoms with E-state index in [1.165, 1.54) is 19.1 Å². The zero-order valence-electron chi connectivity index (χ0n) is 12.3. The molecule has 1 aromatic heterocycles. The highest BCUT2D eigenvalue weighted by Crippen LogP contribution is 2.29. The van der Waals surface area contributed by atoms with Crippen LogP contribution >= 0.6 is 0 Å². The molecule has 0 N–H and O–H groups in total. The van der Waals surface area contributed by atoms with Gasteiger partial charge in [0.15, 0.2) is 12.1 Å². The molecule has 0 amide bonds. The van der Waals surface area contributed by atoms with Gasteiger partial charge in [-0.05, 0) is 18.2 Å². The average Bonchev–Trinajstić information content (AvgIpc) is 2.91. The molecule has 5 nitrogen and oxygen atoms in total. The van der Waals surface area contributed by atoms with Crippen molar-refractivity contribution in [3.05, 3.63) is 65.9 Å². The van der Waals surface area contributed by atoms with Crippen LogP contribution in [0.5, 0.6) is 0 Å². The predicted octanol–water partition coefficient (Wildman–Crippen LogP) is 2.89. The maximum absolute atomic E-state index is 13.0. The van der Waals surface area contributed by atoms with Crippen molar-refractivity contribution in [2.45, 2.75) is 11.8 Å². The molecular formula is C17H13NO4S. The summed E-state index contributed by atoms with van der Waals surface area (Å²) in [6.07, 6.45) is 0.524. The highest BCUT2D eigenvalue weighted by Gasteiger charge is 2.28. The van der Waals surface area contributed by atoms with Gasteiger partial charge in [0, 0.05) is 12.3 Å². The van der Waals surface area contributed by atoms with Crippen molar-refractivity contribution in [1.29, 1.82) is 0 Å². The summed E-state index contributed by atoms with van der Waals surface area (Å²) in [6.45, 7) is 1.25. The quantitative estimate of drug-likeness (QED) is 0.545. The average molecular weight is 327 g/mol. The van der Waals surface area contributed by atoms with E-state index in [4.69, 9.17) is 0 Å². The molecule has 116 valence electrons. The second kappa shape index (κ2) is 5.48. The molecule has 0 saturated carbocycles. The van der Waals surface area contributed by atoms with Crippen LogP contribution in [0.25, 0.3) is 10.9 Å². The van der Waals surface area contributed by atoms with Crippen LogP contribution in [0.1, 0.15) is 27.8 Å². The molecule has 0 aliphatic carbocycles. The van der Waals surface area contributed by atoms with E-state index in [-0.39, 0.29) is 16.2 Å². The normalized spacial score (nSPS) is 11.5. The second-order valence-electron chi connectivity index (χ2n) is 5.04. The third kappa shape index (κ3) is 2.27. The number of ketones is 1. The van der Waals surface area contributed by atoms with Gasteiger partial charge in [-0.1, -0.05) is 36.4 Å². The van der Waals surface area contributed by atoms with Crippen LogP contribution < -0.4 is 0 Å². The van der Waals surface area contributed by atoms with Crippen molar-refractivity contribution in [2.24, 2.45) is 0 Å². The van der Waals surface area contributed by atoms with E-state index in [0.717, 1.165) is 3.97 Å². The Morgan fingerprint density at radius 2 is 1.61 bits per heavy atom. The lowest BCUT2D eigenvalue weighted by molar-refractivity contribution is 0.100. The van der Waals surface area contributed by atoms with Gasteiger partial charge >= 0.3 is 0 Å². The van der Waals surface area contributed by atoms with E-state index in [1.54, 1.807) is 42.5 Å². The Balaban J connectivity index is 2.49. The van der Waals surface area contributed by atoms with Crippen molar-refractivity contribution in [3.8, 4) is 0 Å². The largest absolute Gasteiger partial charge is 0.298 e. The first-order valence-electron chi connectivity index (χ1n) is 6.88. The Morgan fingerprint density at radius 1 is 1.00 bits per heavy atom. The maximum Gasteiger partial charge on any atom is 0.268 e. The minimum absolute atomic E-state index is 0.0562. The number of rotatable bonds is 4. The summed E-state index contributed by atoms with van der Waals surface area (Å²) in [4.78, 5) is 23.6. The third-order valence-electron chi connectivity index (χ3n) is 3.60. The van der Waals surface area contributed by atoms with Crippen LogP contribution in [0.2, 0.25) is 0 Å². The first-order valence-corrected chi connectivity index (χ1v) is 8.32. The van der Waals surface area contributed by atoms with Crippen molar-refractivity contribution >= 4 is 33.0 Å². The number of hydrogen-bond donors (Lipinski definition) is 0. The highest BCUT2D eigenvalue weighted by atomic mass is 32.2. The zero-order valence-corrected chi connectivity index (χ0v) is 13.1. The first kappa shape index (κ1) is 15.2. The summed E-state index contributed by atoms with van der Waals surface area (Å²) in [5.41, 5.74) is 0.279. The van der Waals surface area contributed by atoms with Gasteiger partial charge < -0.3 is 0 Å². The standard InChI is InChI=1S/C17H13NO4S/c1-12(20)17-15(11-19)14-9-5-6-10-16(14)18(17)23(21,22)13-7-3-2-4-8-13/h2-11H,1H3. The molecule has 0 aliphatic rings. The molecule has 0 unspecified atom stereocenters. The Bertz CT molecular complexity index is 1020. The fraction of sp³-hybridized carbons (Fsp3) is 0.0588.